The van der Waals surface area contributed by atoms with E-state index in [4.69, 9.17) is 4.74 Å². The van der Waals surface area contributed by atoms with Gasteiger partial charge in [0.2, 0.25) is 5.91 Å². The van der Waals surface area contributed by atoms with Gasteiger partial charge in [0.05, 0.1) is 43.5 Å². The van der Waals surface area contributed by atoms with Crippen molar-refractivity contribution < 1.29 is 33.0 Å². The van der Waals surface area contributed by atoms with E-state index in [9.17, 15) is 19.2 Å². The number of halogens is 1. The number of rotatable bonds is 8. The third kappa shape index (κ3) is 5.90. The predicted molar refractivity (Wildman–Crippen MR) is 144 cm³/mol. The van der Waals surface area contributed by atoms with Crippen LogP contribution in [-0.4, -0.2) is 95.6 Å². The quantitative estimate of drug-likeness (QED) is 0.402. The zero-order chi connectivity index (χ0) is 29.1. The van der Waals surface area contributed by atoms with Crippen LogP contribution in [0.4, 0.5) is 20.6 Å². The number of nitrogens with zero attached hydrogens (tertiary/aromatic N) is 6. The van der Waals surface area contributed by atoms with Gasteiger partial charge in [0.15, 0.2) is 5.65 Å². The normalized spacial score (nSPS) is 17.1. The molecule has 2 aliphatic heterocycles. The van der Waals surface area contributed by atoms with Crippen molar-refractivity contribution >= 4 is 40.9 Å². The maximum atomic E-state index is 15.1. The van der Waals surface area contributed by atoms with E-state index in [1.54, 1.807) is 46.9 Å². The Balaban J connectivity index is 1.13. The van der Waals surface area contributed by atoms with Gasteiger partial charge in [-0.25, -0.2) is 14.2 Å². The summed E-state index contributed by atoms with van der Waals surface area (Å²) in [6.45, 7) is 3.27. The number of fused-ring (bicyclic) bond motifs is 1. The van der Waals surface area contributed by atoms with Crippen molar-refractivity contribution in [1.82, 2.24) is 24.6 Å². The Hall–Kier alpha value is -4.75. The number of piperazine rings is 1. The number of anilines is 2. The monoisotopic (exact) mass is 567 g/mol. The molecular formula is C27H30FN7O6. The van der Waals surface area contributed by atoms with E-state index in [0.29, 0.717) is 61.0 Å². The first-order valence-corrected chi connectivity index (χ1v) is 13.2. The number of aromatic nitrogens is 3. The summed E-state index contributed by atoms with van der Waals surface area (Å²) < 4.78 is 26.7. The second-order valence-corrected chi connectivity index (χ2v) is 9.77. The van der Waals surface area contributed by atoms with Crippen molar-refractivity contribution in [1.29, 1.82) is 0 Å². The van der Waals surface area contributed by atoms with Crippen LogP contribution < -0.4 is 15.1 Å². The average Bonchev–Trinajstić information content (AvgIpc) is 3.52. The molecule has 14 heteroatoms. The van der Waals surface area contributed by atoms with Gasteiger partial charge in [-0.1, -0.05) is 0 Å². The third-order valence-corrected chi connectivity index (χ3v) is 7.21. The lowest BCUT2D eigenvalue weighted by Crippen LogP contribution is -2.51. The molecule has 5 rings (SSSR count). The Morgan fingerprint density at radius 2 is 1.98 bits per heavy atom. The number of ether oxygens (including phenoxy) is 2. The van der Waals surface area contributed by atoms with Gasteiger partial charge in [0.25, 0.3) is 5.91 Å². The molecule has 0 unspecified atom stereocenters. The molecule has 2 saturated heterocycles. The summed E-state index contributed by atoms with van der Waals surface area (Å²) >= 11 is 0. The summed E-state index contributed by atoms with van der Waals surface area (Å²) in [4.78, 5) is 62.4. The molecule has 3 aromatic rings. The van der Waals surface area contributed by atoms with Crippen LogP contribution in [0.1, 0.15) is 29.0 Å². The number of imidazole rings is 1. The second kappa shape index (κ2) is 11.8. The van der Waals surface area contributed by atoms with Crippen LogP contribution in [0, 0.1) is 12.7 Å². The summed E-state index contributed by atoms with van der Waals surface area (Å²) in [6.07, 6.45) is 4.10. The van der Waals surface area contributed by atoms with Gasteiger partial charge in [0, 0.05) is 45.0 Å². The van der Waals surface area contributed by atoms with Gasteiger partial charge in [-0.05, 0) is 31.5 Å². The average molecular weight is 568 g/mol. The number of hydrogen-bond acceptors (Lipinski definition) is 9. The molecule has 0 bridgehead atoms. The number of cyclic esters (lactones) is 1. The van der Waals surface area contributed by atoms with Crippen molar-refractivity contribution in [2.45, 2.75) is 25.9 Å². The van der Waals surface area contributed by atoms with Gasteiger partial charge in [0.1, 0.15) is 17.6 Å². The molecule has 2 fully saturated rings. The summed E-state index contributed by atoms with van der Waals surface area (Å²) in [7, 11) is 1.29. The highest BCUT2D eigenvalue weighted by molar-refractivity contribution is 5.97. The molecule has 2 aliphatic rings. The van der Waals surface area contributed by atoms with Gasteiger partial charge >= 0.3 is 12.1 Å². The Morgan fingerprint density at radius 1 is 1.20 bits per heavy atom. The number of esters is 1. The van der Waals surface area contributed by atoms with E-state index in [-0.39, 0.29) is 25.4 Å². The first-order valence-electron chi connectivity index (χ1n) is 13.2. The molecule has 216 valence electrons. The standard InChI is InChI=1S/C27H30FN7O6/c1-17-25(34-8-7-29-14-22(34)31-17)26(38)30-15-23(36)33-11-9-32(10-12-33)21-5-3-18(13-20(21)28)35-16-19(41-27(35)39)4-6-24(37)40-2/h3,5,7-8,13-14,19H,4,6,9-12,15-16H2,1-2H3,(H,30,38)/t19-/m0/s1. The lowest BCUT2D eigenvalue weighted by Gasteiger charge is -2.36. The zero-order valence-electron chi connectivity index (χ0n) is 22.7. The maximum Gasteiger partial charge on any atom is 0.414 e. The van der Waals surface area contributed by atoms with E-state index in [1.165, 1.54) is 18.1 Å². The summed E-state index contributed by atoms with van der Waals surface area (Å²) in [5.74, 6) is -1.54. The molecule has 1 aromatic carbocycles. The molecular weight excluding hydrogens is 537 g/mol. The van der Waals surface area contributed by atoms with E-state index in [1.807, 2.05) is 4.90 Å². The number of benzene rings is 1. The Bertz CT molecular complexity index is 1490. The molecule has 0 saturated carbocycles. The summed E-state index contributed by atoms with van der Waals surface area (Å²) in [5, 5.41) is 2.67. The van der Waals surface area contributed by atoms with Gasteiger partial charge in [-0.2, -0.15) is 0 Å². The van der Waals surface area contributed by atoms with Crippen molar-refractivity contribution in [2.75, 3.05) is 56.2 Å². The lowest BCUT2D eigenvalue weighted by molar-refractivity contribution is -0.141. The number of amides is 3. The van der Waals surface area contributed by atoms with Crippen LogP contribution in [0.3, 0.4) is 0 Å². The lowest BCUT2D eigenvalue weighted by atomic mass is 10.1. The molecule has 1 atom stereocenters. The van der Waals surface area contributed by atoms with E-state index in [0.717, 1.165) is 0 Å². The molecule has 4 heterocycles. The number of aryl methyl sites for hydroxylation is 1. The van der Waals surface area contributed by atoms with Gasteiger partial charge in [-0.15, -0.1) is 0 Å². The Labute approximate surface area is 234 Å². The maximum absolute atomic E-state index is 15.1. The predicted octanol–water partition coefficient (Wildman–Crippen LogP) is 1.53. The largest absolute Gasteiger partial charge is 0.469 e. The molecule has 0 radical (unpaired) electrons. The fourth-order valence-electron chi connectivity index (χ4n) is 5.03. The minimum absolute atomic E-state index is 0.121. The summed E-state index contributed by atoms with van der Waals surface area (Å²) in [6, 6.07) is 4.53. The molecule has 0 aliphatic carbocycles. The molecule has 3 amide bonds. The molecule has 41 heavy (non-hydrogen) atoms. The van der Waals surface area contributed by atoms with Crippen LogP contribution in [0.15, 0.2) is 36.8 Å². The van der Waals surface area contributed by atoms with Gasteiger partial charge < -0.3 is 24.6 Å². The van der Waals surface area contributed by atoms with E-state index >= 15 is 4.39 Å². The SMILES string of the molecule is COC(=O)CC[C@H]1CN(c2ccc(N3CCN(C(=O)CNC(=O)c4c(C)nc5cnccn45)CC3)c(F)c2)C(=O)O1. The highest BCUT2D eigenvalue weighted by atomic mass is 19.1. The molecule has 0 spiro atoms. The minimum atomic E-state index is -0.597. The third-order valence-electron chi connectivity index (χ3n) is 7.21. The van der Waals surface area contributed by atoms with Crippen LogP contribution >= 0.6 is 0 Å². The van der Waals surface area contributed by atoms with Crippen LogP contribution in [0.5, 0.6) is 0 Å². The van der Waals surface area contributed by atoms with Crippen molar-refractivity contribution in [3.8, 4) is 0 Å². The number of carbonyl (C=O) groups excluding carboxylic acids is 4. The number of carbonyl (C=O) groups is 4. The van der Waals surface area contributed by atoms with Crippen LogP contribution in [0.25, 0.3) is 5.65 Å². The van der Waals surface area contributed by atoms with Crippen molar-refractivity contribution in [3.63, 3.8) is 0 Å². The number of hydrogen-bond donors (Lipinski definition) is 1. The number of nitrogens with one attached hydrogen (secondary N) is 1. The Morgan fingerprint density at radius 3 is 2.71 bits per heavy atom. The Kier molecular flexibility index (Phi) is 7.99. The fraction of sp³-hybridized carbons (Fsp3) is 0.407. The topological polar surface area (TPSA) is 139 Å². The van der Waals surface area contributed by atoms with Crippen molar-refractivity contribution in [3.05, 3.63) is 54.0 Å². The highest BCUT2D eigenvalue weighted by Gasteiger charge is 2.33. The van der Waals surface area contributed by atoms with Crippen LogP contribution in [0.2, 0.25) is 0 Å². The first kappa shape index (κ1) is 27.8. The van der Waals surface area contributed by atoms with Gasteiger partial charge in [-0.3, -0.25) is 28.7 Å². The minimum Gasteiger partial charge on any atom is -0.469 e. The molecule has 2 aromatic heterocycles. The molecule has 13 nitrogen and oxygen atoms in total. The van der Waals surface area contributed by atoms with E-state index < -0.39 is 29.9 Å². The van der Waals surface area contributed by atoms with Crippen LogP contribution in [-0.2, 0) is 19.1 Å². The summed E-state index contributed by atoms with van der Waals surface area (Å²) in [5.41, 5.74) is 2.14. The number of methoxy groups -OCH3 is 1. The van der Waals surface area contributed by atoms with E-state index in [2.05, 4.69) is 20.0 Å². The highest BCUT2D eigenvalue weighted by Crippen LogP contribution is 2.29. The second-order valence-electron chi connectivity index (χ2n) is 9.77. The first-order chi connectivity index (χ1) is 19.7. The molecule has 1 N–H and O–H groups in total. The van der Waals surface area contributed by atoms with Crippen molar-refractivity contribution in [2.24, 2.45) is 0 Å². The zero-order valence-corrected chi connectivity index (χ0v) is 22.7. The fourth-order valence-corrected chi connectivity index (χ4v) is 5.03. The smallest absolute Gasteiger partial charge is 0.414 e.